The summed E-state index contributed by atoms with van der Waals surface area (Å²) in [5.74, 6) is 0.127. The SMILES string of the molecule is COCCNCCNC(=O)C1CCCCCCC1N. The zero-order chi connectivity index (χ0) is 13.9. The molecule has 0 heterocycles. The van der Waals surface area contributed by atoms with Crippen molar-refractivity contribution in [1.29, 1.82) is 0 Å². The summed E-state index contributed by atoms with van der Waals surface area (Å²) in [7, 11) is 1.68. The third kappa shape index (κ3) is 6.89. The number of nitrogens with one attached hydrogen (secondary N) is 2. The maximum atomic E-state index is 12.1. The molecule has 19 heavy (non-hydrogen) atoms. The van der Waals surface area contributed by atoms with E-state index in [1.54, 1.807) is 7.11 Å². The largest absolute Gasteiger partial charge is 0.383 e. The van der Waals surface area contributed by atoms with Gasteiger partial charge in [0, 0.05) is 32.8 Å². The van der Waals surface area contributed by atoms with Crippen LogP contribution in [0.1, 0.15) is 38.5 Å². The van der Waals surface area contributed by atoms with Gasteiger partial charge in [-0.3, -0.25) is 4.79 Å². The van der Waals surface area contributed by atoms with E-state index >= 15 is 0 Å². The van der Waals surface area contributed by atoms with Crippen molar-refractivity contribution in [1.82, 2.24) is 10.6 Å². The Balaban J connectivity index is 2.18. The van der Waals surface area contributed by atoms with E-state index in [1.165, 1.54) is 12.8 Å². The monoisotopic (exact) mass is 271 g/mol. The average Bonchev–Trinajstić information content (AvgIpc) is 2.38. The Kier molecular flexibility index (Phi) is 8.79. The minimum absolute atomic E-state index is 0.000671. The molecular formula is C14H29N3O2. The van der Waals surface area contributed by atoms with Crippen LogP contribution >= 0.6 is 0 Å². The third-order valence-corrected chi connectivity index (χ3v) is 3.74. The molecule has 1 rings (SSSR count). The van der Waals surface area contributed by atoms with Gasteiger partial charge in [-0.1, -0.05) is 25.7 Å². The number of ether oxygens (including phenoxy) is 1. The Morgan fingerprint density at radius 3 is 2.63 bits per heavy atom. The lowest BCUT2D eigenvalue weighted by Gasteiger charge is -2.25. The third-order valence-electron chi connectivity index (χ3n) is 3.74. The van der Waals surface area contributed by atoms with Crippen molar-refractivity contribution in [2.75, 3.05) is 33.4 Å². The van der Waals surface area contributed by atoms with E-state index in [9.17, 15) is 4.79 Å². The van der Waals surface area contributed by atoms with Crippen LogP contribution in [0.4, 0.5) is 0 Å². The molecular weight excluding hydrogens is 242 g/mol. The number of hydrogen-bond acceptors (Lipinski definition) is 4. The van der Waals surface area contributed by atoms with Crippen LogP contribution in [-0.2, 0) is 9.53 Å². The molecule has 2 unspecified atom stereocenters. The number of amides is 1. The lowest BCUT2D eigenvalue weighted by atomic mass is 9.87. The molecule has 2 atom stereocenters. The van der Waals surface area contributed by atoms with Gasteiger partial charge in [0.15, 0.2) is 0 Å². The van der Waals surface area contributed by atoms with E-state index in [0.717, 1.165) is 38.8 Å². The Hall–Kier alpha value is -0.650. The van der Waals surface area contributed by atoms with Crippen LogP contribution < -0.4 is 16.4 Å². The van der Waals surface area contributed by atoms with Gasteiger partial charge in [-0.15, -0.1) is 0 Å². The van der Waals surface area contributed by atoms with Crippen molar-refractivity contribution in [3.05, 3.63) is 0 Å². The molecule has 0 bridgehead atoms. The van der Waals surface area contributed by atoms with Crippen LogP contribution in [-0.4, -0.2) is 45.3 Å². The average molecular weight is 271 g/mol. The maximum absolute atomic E-state index is 12.1. The number of methoxy groups -OCH3 is 1. The van der Waals surface area contributed by atoms with Gasteiger partial charge in [-0.25, -0.2) is 0 Å². The Morgan fingerprint density at radius 1 is 1.16 bits per heavy atom. The summed E-state index contributed by atoms with van der Waals surface area (Å²) in [6, 6.07) is 0.0294. The van der Waals surface area contributed by atoms with E-state index in [2.05, 4.69) is 10.6 Å². The normalized spacial score (nSPS) is 24.5. The molecule has 1 aliphatic carbocycles. The van der Waals surface area contributed by atoms with E-state index in [4.69, 9.17) is 10.5 Å². The summed E-state index contributed by atoms with van der Waals surface area (Å²) in [5.41, 5.74) is 6.13. The van der Waals surface area contributed by atoms with Crippen LogP contribution in [0.3, 0.4) is 0 Å². The van der Waals surface area contributed by atoms with Crippen molar-refractivity contribution >= 4 is 5.91 Å². The Morgan fingerprint density at radius 2 is 1.89 bits per heavy atom. The van der Waals surface area contributed by atoms with Gasteiger partial charge >= 0.3 is 0 Å². The first-order valence-electron chi connectivity index (χ1n) is 7.48. The van der Waals surface area contributed by atoms with E-state index in [0.29, 0.717) is 13.2 Å². The smallest absolute Gasteiger partial charge is 0.224 e. The van der Waals surface area contributed by atoms with Gasteiger partial charge in [0.2, 0.25) is 5.91 Å². The van der Waals surface area contributed by atoms with Crippen molar-refractivity contribution < 1.29 is 9.53 Å². The second-order valence-electron chi connectivity index (χ2n) is 5.30. The quantitative estimate of drug-likeness (QED) is 0.594. The second kappa shape index (κ2) is 10.2. The molecule has 4 N–H and O–H groups in total. The highest BCUT2D eigenvalue weighted by Gasteiger charge is 2.25. The molecule has 1 fully saturated rings. The number of carbonyl (C=O) groups is 1. The second-order valence-corrected chi connectivity index (χ2v) is 5.30. The van der Waals surface area contributed by atoms with Crippen molar-refractivity contribution in [3.8, 4) is 0 Å². The highest BCUT2D eigenvalue weighted by molar-refractivity contribution is 5.79. The van der Waals surface area contributed by atoms with Gasteiger partial charge in [0.1, 0.15) is 0 Å². The molecule has 0 spiro atoms. The van der Waals surface area contributed by atoms with Crippen LogP contribution in [0.15, 0.2) is 0 Å². The van der Waals surface area contributed by atoms with E-state index in [1.807, 2.05) is 0 Å². The van der Waals surface area contributed by atoms with Gasteiger partial charge in [-0.05, 0) is 12.8 Å². The topological polar surface area (TPSA) is 76.4 Å². The number of rotatable bonds is 7. The number of nitrogens with two attached hydrogens (primary N) is 1. The highest BCUT2D eigenvalue weighted by Crippen LogP contribution is 2.21. The standard InChI is InChI=1S/C14H29N3O2/c1-19-11-10-16-8-9-17-14(18)12-6-4-2-3-5-7-13(12)15/h12-13,16H,2-11,15H2,1H3,(H,17,18). The minimum Gasteiger partial charge on any atom is -0.383 e. The summed E-state index contributed by atoms with van der Waals surface area (Å²) in [4.78, 5) is 12.1. The maximum Gasteiger partial charge on any atom is 0.224 e. The highest BCUT2D eigenvalue weighted by atomic mass is 16.5. The predicted octanol–water partition coefficient (Wildman–Crippen LogP) is 0.636. The minimum atomic E-state index is -0.000671. The van der Waals surface area contributed by atoms with E-state index in [-0.39, 0.29) is 17.9 Å². The predicted molar refractivity (Wildman–Crippen MR) is 76.9 cm³/mol. The van der Waals surface area contributed by atoms with Crippen LogP contribution in [0, 0.1) is 5.92 Å². The lowest BCUT2D eigenvalue weighted by molar-refractivity contribution is -0.126. The van der Waals surface area contributed by atoms with Crippen molar-refractivity contribution in [3.63, 3.8) is 0 Å². The van der Waals surface area contributed by atoms with Crippen LogP contribution in [0.5, 0.6) is 0 Å². The zero-order valence-corrected chi connectivity index (χ0v) is 12.1. The fourth-order valence-electron chi connectivity index (χ4n) is 2.54. The van der Waals surface area contributed by atoms with Crippen LogP contribution in [0.25, 0.3) is 0 Å². The van der Waals surface area contributed by atoms with Crippen molar-refractivity contribution in [2.24, 2.45) is 11.7 Å². The van der Waals surface area contributed by atoms with Gasteiger partial charge in [0.05, 0.1) is 12.5 Å². The molecule has 1 aliphatic rings. The molecule has 5 nitrogen and oxygen atoms in total. The molecule has 0 aromatic heterocycles. The Bertz CT molecular complexity index is 249. The molecule has 0 aliphatic heterocycles. The van der Waals surface area contributed by atoms with E-state index < -0.39 is 0 Å². The first-order chi connectivity index (χ1) is 9.25. The lowest BCUT2D eigenvalue weighted by Crippen LogP contribution is -2.44. The van der Waals surface area contributed by atoms with Gasteiger partial charge in [-0.2, -0.15) is 0 Å². The summed E-state index contributed by atoms with van der Waals surface area (Å²) >= 11 is 0. The van der Waals surface area contributed by atoms with Crippen molar-refractivity contribution in [2.45, 2.75) is 44.6 Å². The molecule has 1 amide bonds. The summed E-state index contributed by atoms with van der Waals surface area (Å²) in [6.45, 7) is 2.94. The zero-order valence-electron chi connectivity index (χ0n) is 12.1. The fourth-order valence-corrected chi connectivity index (χ4v) is 2.54. The molecule has 0 aromatic carbocycles. The fraction of sp³-hybridized carbons (Fsp3) is 0.929. The molecule has 0 saturated heterocycles. The molecule has 112 valence electrons. The summed E-state index contributed by atoms with van der Waals surface area (Å²) < 4.78 is 4.94. The van der Waals surface area contributed by atoms with Gasteiger partial charge < -0.3 is 21.1 Å². The first kappa shape index (κ1) is 16.4. The molecule has 1 saturated carbocycles. The summed E-state index contributed by atoms with van der Waals surface area (Å²) in [6.07, 6.45) is 6.68. The molecule has 0 aromatic rings. The summed E-state index contributed by atoms with van der Waals surface area (Å²) in [5, 5.41) is 6.19. The first-order valence-corrected chi connectivity index (χ1v) is 7.48. The number of carbonyl (C=O) groups excluding carboxylic acids is 1. The molecule has 5 heteroatoms. The number of hydrogen-bond donors (Lipinski definition) is 3. The van der Waals surface area contributed by atoms with Crippen LogP contribution in [0.2, 0.25) is 0 Å². The van der Waals surface area contributed by atoms with Gasteiger partial charge in [0.25, 0.3) is 0 Å². The Labute approximate surface area is 116 Å². The molecule has 0 radical (unpaired) electrons.